The first kappa shape index (κ1) is 37.8. The Morgan fingerprint density at radius 2 is 0.597 bits per heavy atom. The largest absolute Gasteiger partial charge is 0.311 e. The van der Waals surface area contributed by atoms with Gasteiger partial charge in [-0.15, -0.1) is 0 Å². The zero-order valence-corrected chi connectivity index (χ0v) is 36.8. The van der Waals surface area contributed by atoms with Crippen LogP contribution in [0.5, 0.6) is 0 Å². The summed E-state index contributed by atoms with van der Waals surface area (Å²) in [4.78, 5) is 2.36. The first-order valence-corrected chi connectivity index (χ1v) is 23.4. The van der Waals surface area contributed by atoms with E-state index >= 15 is 0 Å². The molecule has 11 aromatic carbocycles. The van der Waals surface area contributed by atoms with E-state index in [1.807, 2.05) is 0 Å². The van der Waals surface area contributed by atoms with E-state index in [9.17, 15) is 0 Å². The van der Waals surface area contributed by atoms with E-state index in [2.05, 4.69) is 266 Å². The maximum atomic E-state index is 2.51. The number of hydrogen-bond acceptors (Lipinski definition) is 1. The molecule has 0 saturated heterocycles. The number of nitrogens with zero attached hydrogens (tertiary/aromatic N) is 1. The second-order valence-corrected chi connectivity index (χ2v) is 18.3. The fourth-order valence-electron chi connectivity index (χ4n) is 12.5. The first-order valence-electron chi connectivity index (χ1n) is 23.4. The van der Waals surface area contributed by atoms with Crippen molar-refractivity contribution >= 4 is 27.8 Å². The monoisotopic (exact) mass is 849 g/mol. The highest BCUT2D eigenvalue weighted by Crippen LogP contribution is 2.67. The zero-order chi connectivity index (χ0) is 44.1. The molecule has 1 heteroatoms. The van der Waals surface area contributed by atoms with Gasteiger partial charge in [0.25, 0.3) is 0 Å². The molecule has 67 heavy (non-hydrogen) atoms. The van der Waals surface area contributed by atoms with Crippen LogP contribution in [0.3, 0.4) is 0 Å². The number of benzene rings is 11. The highest BCUT2D eigenvalue weighted by Gasteiger charge is 2.58. The van der Waals surface area contributed by atoms with Crippen molar-refractivity contribution in [3.8, 4) is 44.5 Å². The molecule has 0 saturated carbocycles. The van der Waals surface area contributed by atoms with Gasteiger partial charge in [0.05, 0.1) is 10.8 Å². The summed E-state index contributed by atoms with van der Waals surface area (Å²) in [6.45, 7) is 0. The molecule has 0 unspecified atom stereocenters. The van der Waals surface area contributed by atoms with Crippen LogP contribution in [-0.2, 0) is 10.8 Å². The Morgan fingerprint density at radius 1 is 0.224 bits per heavy atom. The quantitative estimate of drug-likeness (QED) is 0.167. The van der Waals surface area contributed by atoms with Crippen LogP contribution in [0.4, 0.5) is 17.1 Å². The molecule has 0 radical (unpaired) electrons. The molecule has 0 fully saturated rings. The number of rotatable bonds is 5. The van der Waals surface area contributed by atoms with E-state index in [-0.39, 0.29) is 0 Å². The van der Waals surface area contributed by atoms with Gasteiger partial charge in [0.15, 0.2) is 0 Å². The van der Waals surface area contributed by atoms with E-state index in [0.717, 1.165) is 17.1 Å². The van der Waals surface area contributed by atoms with E-state index in [1.54, 1.807) is 0 Å². The van der Waals surface area contributed by atoms with E-state index in [1.165, 1.54) is 99.8 Å². The second kappa shape index (κ2) is 14.5. The molecule has 3 aliphatic rings. The molecule has 2 spiro atoms. The van der Waals surface area contributed by atoms with Crippen molar-refractivity contribution in [2.24, 2.45) is 0 Å². The van der Waals surface area contributed by atoms with Gasteiger partial charge in [0.1, 0.15) is 0 Å². The predicted octanol–water partition coefficient (Wildman–Crippen LogP) is 16.7. The summed E-state index contributed by atoms with van der Waals surface area (Å²) in [5.41, 5.74) is 23.2. The van der Waals surface area contributed by atoms with E-state index in [0.29, 0.717) is 0 Å². The van der Waals surface area contributed by atoms with Gasteiger partial charge in [-0.25, -0.2) is 0 Å². The highest BCUT2D eigenvalue weighted by atomic mass is 15.1. The van der Waals surface area contributed by atoms with Crippen LogP contribution in [0.2, 0.25) is 0 Å². The van der Waals surface area contributed by atoms with Gasteiger partial charge in [-0.1, -0.05) is 218 Å². The lowest BCUT2D eigenvalue weighted by Crippen LogP contribution is -2.43. The molecule has 0 amide bonds. The van der Waals surface area contributed by atoms with Gasteiger partial charge in [-0.3, -0.25) is 0 Å². The molecule has 0 aromatic heterocycles. The van der Waals surface area contributed by atoms with Gasteiger partial charge in [-0.2, -0.15) is 0 Å². The number of anilines is 3. The molecule has 0 heterocycles. The SMILES string of the molecule is c1ccc(N(c2ccc(-c3ccc4c(c3)C3(c5ccccc5-4)c4ccccc4C4(c5ccccc5-c5ccccc54)c4ccccc43)cc2)c2ccc(-c3cccc4ccccc34)cc2)cc1. The van der Waals surface area contributed by atoms with Crippen molar-refractivity contribution in [3.63, 3.8) is 0 Å². The lowest BCUT2D eigenvalue weighted by Gasteiger charge is -2.48. The minimum Gasteiger partial charge on any atom is -0.311 e. The second-order valence-electron chi connectivity index (χ2n) is 18.3. The average molecular weight is 850 g/mol. The molecule has 0 N–H and O–H groups in total. The van der Waals surface area contributed by atoms with E-state index < -0.39 is 10.8 Å². The van der Waals surface area contributed by atoms with Crippen molar-refractivity contribution in [1.82, 2.24) is 0 Å². The van der Waals surface area contributed by atoms with Crippen LogP contribution in [0.1, 0.15) is 44.5 Å². The molecule has 0 bridgehead atoms. The minimum absolute atomic E-state index is 0.461. The van der Waals surface area contributed by atoms with Crippen molar-refractivity contribution in [2.45, 2.75) is 10.8 Å². The average Bonchev–Trinajstić information content (AvgIpc) is 3.87. The molecule has 0 atom stereocenters. The third kappa shape index (κ3) is 5.20. The Kier molecular flexibility index (Phi) is 8.18. The van der Waals surface area contributed by atoms with Crippen LogP contribution in [-0.4, -0.2) is 0 Å². The standard InChI is InChI=1S/C66H43N/c1-2-19-48(20-3-1)67(50-40-35-46(36-41-50)52-25-16-18-45-17-4-5-21-51(45)52)49-38-33-44(34-39-49)47-37-42-56-55-24-8-11-28-59(55)66(64(56)43-47)62-31-14-12-29-60(62)65(61-30-13-15-32-63(61)66)57-26-9-6-22-53(57)54-23-7-10-27-58(54)65/h1-43H. The fourth-order valence-corrected chi connectivity index (χ4v) is 12.5. The minimum atomic E-state index is -0.533. The van der Waals surface area contributed by atoms with Gasteiger partial charge in [-0.05, 0) is 142 Å². The normalized spacial score (nSPS) is 13.9. The summed E-state index contributed by atoms with van der Waals surface area (Å²) in [6.07, 6.45) is 0. The summed E-state index contributed by atoms with van der Waals surface area (Å²) >= 11 is 0. The first-order chi connectivity index (χ1) is 33.2. The summed E-state index contributed by atoms with van der Waals surface area (Å²) in [7, 11) is 0. The molecule has 0 aliphatic heterocycles. The third-order valence-corrected chi connectivity index (χ3v) is 15.2. The highest BCUT2D eigenvalue weighted by molar-refractivity contribution is 5.98. The zero-order valence-electron chi connectivity index (χ0n) is 36.8. The number of fused-ring (bicyclic) bond motifs is 17. The van der Waals surface area contributed by atoms with Crippen LogP contribution in [0.25, 0.3) is 55.3 Å². The Balaban J connectivity index is 0.917. The summed E-state index contributed by atoms with van der Waals surface area (Å²) < 4.78 is 0. The Hall–Kier alpha value is -8.52. The van der Waals surface area contributed by atoms with Crippen molar-refractivity contribution in [2.75, 3.05) is 4.90 Å². The Bertz CT molecular complexity index is 3650. The Labute approximate surface area is 391 Å². The van der Waals surface area contributed by atoms with Gasteiger partial charge in [0, 0.05) is 17.1 Å². The maximum absolute atomic E-state index is 2.51. The van der Waals surface area contributed by atoms with Crippen LogP contribution >= 0.6 is 0 Å². The van der Waals surface area contributed by atoms with E-state index in [4.69, 9.17) is 0 Å². The van der Waals surface area contributed by atoms with Crippen LogP contribution < -0.4 is 4.90 Å². The third-order valence-electron chi connectivity index (χ3n) is 15.2. The summed E-state index contributed by atoms with van der Waals surface area (Å²) in [6, 6.07) is 97.4. The van der Waals surface area contributed by atoms with Crippen molar-refractivity contribution < 1.29 is 0 Å². The number of hydrogen-bond donors (Lipinski definition) is 0. The topological polar surface area (TPSA) is 3.24 Å². The van der Waals surface area contributed by atoms with Crippen molar-refractivity contribution in [3.05, 3.63) is 305 Å². The molecular weight excluding hydrogens is 807 g/mol. The number of para-hydroxylation sites is 1. The fraction of sp³-hybridized carbons (Fsp3) is 0.0303. The van der Waals surface area contributed by atoms with Gasteiger partial charge < -0.3 is 4.90 Å². The molecule has 3 aliphatic carbocycles. The van der Waals surface area contributed by atoms with Gasteiger partial charge in [0.2, 0.25) is 0 Å². The smallest absolute Gasteiger partial charge is 0.0720 e. The predicted molar refractivity (Wildman–Crippen MR) is 278 cm³/mol. The molecule has 312 valence electrons. The summed E-state index contributed by atoms with van der Waals surface area (Å²) in [5.74, 6) is 0. The molecular formula is C66H43N. The lowest BCUT2D eigenvalue weighted by atomic mass is 9.52. The van der Waals surface area contributed by atoms with Crippen molar-refractivity contribution in [1.29, 1.82) is 0 Å². The van der Waals surface area contributed by atoms with Crippen LogP contribution in [0, 0.1) is 0 Å². The summed E-state index contributed by atoms with van der Waals surface area (Å²) in [5, 5.41) is 2.52. The lowest BCUT2D eigenvalue weighted by molar-refractivity contribution is 0.633. The molecule has 11 aromatic rings. The molecule has 1 nitrogen and oxygen atoms in total. The molecule has 14 rings (SSSR count). The van der Waals surface area contributed by atoms with Crippen LogP contribution in [0.15, 0.2) is 261 Å². The maximum Gasteiger partial charge on any atom is 0.0720 e. The Morgan fingerprint density at radius 3 is 1.15 bits per heavy atom. The van der Waals surface area contributed by atoms with Gasteiger partial charge >= 0.3 is 0 Å².